The van der Waals surface area contributed by atoms with Crippen molar-refractivity contribution in [3.05, 3.63) is 252 Å². The van der Waals surface area contributed by atoms with Gasteiger partial charge in [-0.25, -0.2) is 9.59 Å². The van der Waals surface area contributed by atoms with Gasteiger partial charge in [0.05, 0.1) is 16.5 Å². The lowest BCUT2D eigenvalue weighted by Crippen LogP contribution is -2.28. The van der Waals surface area contributed by atoms with Crippen molar-refractivity contribution in [1.29, 1.82) is 0 Å². The Morgan fingerprint density at radius 2 is 0.769 bits per heavy atom. The lowest BCUT2D eigenvalue weighted by Gasteiger charge is -2.34. The average molecular weight is 843 g/mol. The van der Waals surface area contributed by atoms with Crippen LogP contribution in [0.4, 0.5) is 0 Å². The maximum atomic E-state index is 11.6. The van der Waals surface area contributed by atoms with Gasteiger partial charge in [-0.3, -0.25) is 0 Å². The molecule has 2 N–H and O–H groups in total. The van der Waals surface area contributed by atoms with E-state index in [1.54, 1.807) is 48.5 Å². The maximum Gasteiger partial charge on any atom is 0.335 e. The summed E-state index contributed by atoms with van der Waals surface area (Å²) in [7, 11) is 0. The third kappa shape index (κ3) is 6.67. The Labute approximate surface area is 374 Å². The van der Waals surface area contributed by atoms with Crippen molar-refractivity contribution in [2.75, 3.05) is 0 Å². The van der Waals surface area contributed by atoms with E-state index in [1.165, 1.54) is 22.3 Å². The Bertz CT molecular complexity index is 3240. The van der Waals surface area contributed by atoms with Gasteiger partial charge in [0.1, 0.15) is 23.0 Å². The molecule has 0 atom stereocenters. The Balaban J connectivity index is 1.11. The van der Waals surface area contributed by atoms with Gasteiger partial charge in [-0.15, -0.1) is 0 Å². The second-order valence-electron chi connectivity index (χ2n) is 16.2. The minimum atomic E-state index is -0.989. The van der Waals surface area contributed by atoms with E-state index >= 15 is 0 Å². The molecule has 0 bridgehead atoms. The zero-order valence-electron chi connectivity index (χ0n) is 34.8. The van der Waals surface area contributed by atoms with Gasteiger partial charge in [0.2, 0.25) is 0 Å². The van der Waals surface area contributed by atoms with Crippen LogP contribution in [0.5, 0.6) is 23.0 Å². The number of fused-ring (bicyclic) bond motifs is 5. The summed E-state index contributed by atoms with van der Waals surface area (Å²) in [6.45, 7) is 0. The fraction of sp³-hybridized carbons (Fsp3) is 0.0169. The lowest BCUT2D eigenvalue weighted by atomic mass is 9.67. The number of carboxylic acid groups (broad SMARTS) is 2. The number of rotatable bonds is 10. The molecule has 0 heterocycles. The summed E-state index contributed by atoms with van der Waals surface area (Å²) in [6, 6.07) is 72.6. The van der Waals surface area contributed by atoms with Crippen molar-refractivity contribution in [1.82, 2.24) is 0 Å². The first-order chi connectivity index (χ1) is 31.9. The van der Waals surface area contributed by atoms with Gasteiger partial charge in [-0.1, -0.05) is 146 Å². The summed E-state index contributed by atoms with van der Waals surface area (Å²) in [4.78, 5) is 23.2. The molecule has 10 aromatic rings. The van der Waals surface area contributed by atoms with Crippen molar-refractivity contribution >= 4 is 33.5 Å². The largest absolute Gasteiger partial charge is 0.478 e. The highest BCUT2D eigenvalue weighted by Gasteiger charge is 2.46. The lowest BCUT2D eigenvalue weighted by molar-refractivity contribution is 0.0686. The Morgan fingerprint density at radius 3 is 1.17 bits per heavy atom. The molecule has 1 aliphatic rings. The molecule has 0 unspecified atom stereocenters. The fourth-order valence-corrected chi connectivity index (χ4v) is 9.67. The predicted octanol–water partition coefficient (Wildman–Crippen LogP) is 14.7. The summed E-state index contributed by atoms with van der Waals surface area (Å²) < 4.78 is 13.1. The number of carboxylic acids is 2. The SMILES string of the molecule is O=C(O)c1ccc(Oc2ccc3cc(C4(c5ccc6c(-c7ccccc7)c(Oc7ccc(C(=O)O)cc7)ccc6c5)c5ccccc5-c5ccccc54)ccc3c2-c2ccccc2)cc1. The number of ether oxygens (including phenoxy) is 2. The highest BCUT2D eigenvalue weighted by molar-refractivity contribution is 6.03. The van der Waals surface area contributed by atoms with E-state index in [1.807, 2.05) is 48.5 Å². The monoisotopic (exact) mass is 842 g/mol. The molecule has 1 aliphatic carbocycles. The minimum Gasteiger partial charge on any atom is -0.478 e. The highest BCUT2D eigenvalue weighted by atomic mass is 16.5. The van der Waals surface area contributed by atoms with E-state index in [-0.39, 0.29) is 11.1 Å². The standard InChI is InChI=1S/C59H38O6/c60-57(61)39-19-27-45(28-20-39)64-53-33-23-41-35-43(25-31-47(41)55(53)37-11-3-1-4-12-37)59(51-17-9-7-15-49(51)50-16-8-10-18-52(50)59)44-26-32-48-42(36-44)24-34-54(56(48)38-13-5-2-6-14-38)65-46-29-21-40(22-30-46)58(62)63/h1-36H,(H,60,61)(H,62,63). The van der Waals surface area contributed by atoms with Crippen LogP contribution in [0.15, 0.2) is 218 Å². The number of aromatic carboxylic acids is 2. The van der Waals surface area contributed by atoms with Crippen LogP contribution in [0.3, 0.4) is 0 Å². The van der Waals surface area contributed by atoms with E-state index in [4.69, 9.17) is 9.47 Å². The van der Waals surface area contributed by atoms with Crippen LogP contribution < -0.4 is 9.47 Å². The Hall–Kier alpha value is -8.74. The summed E-state index contributed by atoms with van der Waals surface area (Å²) in [5.41, 5.74) is 10.6. The van der Waals surface area contributed by atoms with Gasteiger partial charge in [-0.2, -0.15) is 0 Å². The van der Waals surface area contributed by atoms with Crippen molar-refractivity contribution in [2.45, 2.75) is 5.41 Å². The molecule has 10 aromatic carbocycles. The molecule has 65 heavy (non-hydrogen) atoms. The van der Waals surface area contributed by atoms with Crippen LogP contribution in [0.2, 0.25) is 0 Å². The molecule has 0 fully saturated rings. The molecule has 11 rings (SSSR count). The molecule has 0 aromatic heterocycles. The van der Waals surface area contributed by atoms with Crippen molar-refractivity contribution in [3.8, 4) is 56.4 Å². The molecule has 0 saturated heterocycles. The molecular weight excluding hydrogens is 805 g/mol. The predicted molar refractivity (Wildman–Crippen MR) is 257 cm³/mol. The van der Waals surface area contributed by atoms with Crippen molar-refractivity contribution < 1.29 is 29.3 Å². The van der Waals surface area contributed by atoms with Crippen molar-refractivity contribution in [3.63, 3.8) is 0 Å². The molecule has 0 amide bonds. The van der Waals surface area contributed by atoms with Crippen LogP contribution >= 0.6 is 0 Å². The third-order valence-electron chi connectivity index (χ3n) is 12.6. The number of benzene rings is 10. The van der Waals surface area contributed by atoms with E-state index in [0.717, 1.165) is 54.9 Å². The first kappa shape index (κ1) is 39.1. The normalized spacial score (nSPS) is 12.4. The van der Waals surface area contributed by atoms with Crippen LogP contribution in [-0.4, -0.2) is 22.2 Å². The first-order valence-electron chi connectivity index (χ1n) is 21.3. The van der Waals surface area contributed by atoms with Gasteiger partial charge in [0.15, 0.2) is 0 Å². The summed E-state index contributed by atoms with van der Waals surface area (Å²) in [6.07, 6.45) is 0. The fourth-order valence-electron chi connectivity index (χ4n) is 9.67. The smallest absolute Gasteiger partial charge is 0.335 e. The molecule has 0 saturated carbocycles. The van der Waals surface area contributed by atoms with Crippen LogP contribution in [0.1, 0.15) is 43.0 Å². The average Bonchev–Trinajstić information content (AvgIpc) is 3.65. The number of carbonyl (C=O) groups is 2. The zero-order chi connectivity index (χ0) is 44.1. The molecule has 6 nitrogen and oxygen atoms in total. The summed E-state index contributed by atoms with van der Waals surface area (Å²) in [5, 5.41) is 23.1. The molecule has 6 heteroatoms. The number of hydrogen-bond donors (Lipinski definition) is 2. The van der Waals surface area contributed by atoms with Crippen molar-refractivity contribution in [2.24, 2.45) is 0 Å². The molecule has 0 spiro atoms. The van der Waals surface area contributed by atoms with Gasteiger partial charge >= 0.3 is 11.9 Å². The topological polar surface area (TPSA) is 93.1 Å². The van der Waals surface area contributed by atoms with Crippen LogP contribution in [0, 0.1) is 0 Å². The van der Waals surface area contributed by atoms with E-state index < -0.39 is 17.4 Å². The molecule has 310 valence electrons. The maximum absolute atomic E-state index is 11.6. The minimum absolute atomic E-state index is 0.194. The Morgan fingerprint density at radius 1 is 0.385 bits per heavy atom. The zero-order valence-corrected chi connectivity index (χ0v) is 34.8. The molecular formula is C59H38O6. The first-order valence-corrected chi connectivity index (χ1v) is 21.3. The van der Waals surface area contributed by atoms with Crippen LogP contribution in [0.25, 0.3) is 54.9 Å². The summed E-state index contributed by atoms with van der Waals surface area (Å²) in [5.74, 6) is 0.431. The third-order valence-corrected chi connectivity index (χ3v) is 12.6. The summed E-state index contributed by atoms with van der Waals surface area (Å²) >= 11 is 0. The molecule has 0 aliphatic heterocycles. The number of hydrogen-bond acceptors (Lipinski definition) is 4. The second-order valence-corrected chi connectivity index (χ2v) is 16.2. The highest BCUT2D eigenvalue weighted by Crippen LogP contribution is 2.57. The quantitative estimate of drug-likeness (QED) is 0.142. The van der Waals surface area contributed by atoms with Gasteiger partial charge < -0.3 is 19.7 Å². The Kier molecular flexibility index (Phi) is 9.55. The second kappa shape index (κ2) is 15.9. The van der Waals surface area contributed by atoms with E-state index in [2.05, 4.69) is 121 Å². The van der Waals surface area contributed by atoms with E-state index in [9.17, 15) is 19.8 Å². The van der Waals surface area contributed by atoms with Gasteiger partial charge in [-0.05, 0) is 139 Å². The van der Waals surface area contributed by atoms with Crippen LogP contribution in [-0.2, 0) is 5.41 Å². The van der Waals surface area contributed by atoms with E-state index in [0.29, 0.717) is 23.0 Å². The van der Waals surface area contributed by atoms with Gasteiger partial charge in [0.25, 0.3) is 0 Å². The molecule has 0 radical (unpaired) electrons. The van der Waals surface area contributed by atoms with Gasteiger partial charge in [0, 0.05) is 11.1 Å².